The van der Waals surface area contributed by atoms with Crippen LogP contribution in [0.25, 0.3) is 0 Å². The topological polar surface area (TPSA) is 40.5 Å². The lowest BCUT2D eigenvalue weighted by Gasteiger charge is -2.20. The maximum atomic E-state index is 11.3. The van der Waals surface area contributed by atoms with Crippen molar-refractivity contribution in [3.8, 4) is 0 Å². The lowest BCUT2D eigenvalue weighted by atomic mass is 10.0. The summed E-state index contributed by atoms with van der Waals surface area (Å²) in [7, 11) is 0. The van der Waals surface area contributed by atoms with E-state index in [2.05, 4.69) is 4.90 Å². The van der Waals surface area contributed by atoms with Crippen LogP contribution in [0.3, 0.4) is 0 Å². The summed E-state index contributed by atoms with van der Waals surface area (Å²) in [4.78, 5) is 13.5. The van der Waals surface area contributed by atoms with E-state index in [9.17, 15) is 9.90 Å². The van der Waals surface area contributed by atoms with Crippen LogP contribution in [0.1, 0.15) is 30.6 Å². The molecule has 0 amide bonds. The molecule has 3 nitrogen and oxygen atoms in total. The molecule has 0 aromatic heterocycles. The summed E-state index contributed by atoms with van der Waals surface area (Å²) in [5.41, 5.74) is 1.58. The third-order valence-corrected chi connectivity index (χ3v) is 3.92. The van der Waals surface area contributed by atoms with E-state index in [1.54, 1.807) is 6.07 Å². The van der Waals surface area contributed by atoms with Gasteiger partial charge in [0, 0.05) is 30.3 Å². The number of hydrogen-bond donors (Lipinski definition) is 1. The first-order valence-corrected chi connectivity index (χ1v) is 6.60. The number of carbonyl (C=O) groups is 1. The van der Waals surface area contributed by atoms with Crippen molar-refractivity contribution in [2.75, 3.05) is 18.0 Å². The normalized spacial score (nSPS) is 21.1. The van der Waals surface area contributed by atoms with Crippen molar-refractivity contribution in [1.29, 1.82) is 0 Å². The summed E-state index contributed by atoms with van der Waals surface area (Å²) < 4.78 is 0. The van der Waals surface area contributed by atoms with E-state index in [0.29, 0.717) is 16.5 Å². The van der Waals surface area contributed by atoms with Crippen LogP contribution in [0.4, 0.5) is 5.69 Å². The molecule has 0 bridgehead atoms. The first kappa shape index (κ1) is 13.4. The summed E-state index contributed by atoms with van der Waals surface area (Å²) in [6.07, 6.45) is 0.714. The van der Waals surface area contributed by atoms with Crippen molar-refractivity contribution >= 4 is 23.1 Å². The Balaban J connectivity index is 2.16. The highest BCUT2D eigenvalue weighted by atomic mass is 35.5. The van der Waals surface area contributed by atoms with Crippen molar-refractivity contribution < 1.29 is 9.90 Å². The van der Waals surface area contributed by atoms with E-state index in [1.807, 2.05) is 19.1 Å². The van der Waals surface area contributed by atoms with Gasteiger partial charge in [0.25, 0.3) is 0 Å². The van der Waals surface area contributed by atoms with Crippen LogP contribution < -0.4 is 4.90 Å². The number of rotatable bonds is 3. The van der Waals surface area contributed by atoms with Gasteiger partial charge in [-0.2, -0.15) is 0 Å². The van der Waals surface area contributed by atoms with Crippen molar-refractivity contribution in [3.05, 3.63) is 28.8 Å². The fraction of sp³-hybridized carbons (Fsp3) is 0.500. The van der Waals surface area contributed by atoms with Crippen molar-refractivity contribution in [3.63, 3.8) is 0 Å². The summed E-state index contributed by atoms with van der Waals surface area (Å²) in [5.74, 6) is 0.297. The molecule has 2 unspecified atom stereocenters. The Hall–Kier alpha value is -1.06. The molecule has 1 heterocycles. The van der Waals surface area contributed by atoms with Gasteiger partial charge < -0.3 is 10.0 Å². The molecular weight excluding hydrogens is 250 g/mol. The minimum atomic E-state index is -0.276. The predicted octanol–water partition coefficient (Wildman–Crippen LogP) is 2.75. The highest BCUT2D eigenvalue weighted by Crippen LogP contribution is 2.29. The third kappa shape index (κ3) is 2.68. The van der Waals surface area contributed by atoms with Crippen molar-refractivity contribution in [2.24, 2.45) is 5.92 Å². The zero-order valence-corrected chi connectivity index (χ0v) is 11.4. The maximum Gasteiger partial charge on any atom is 0.161 e. The van der Waals surface area contributed by atoms with E-state index in [-0.39, 0.29) is 11.9 Å². The number of ketones is 1. The Kier molecular flexibility index (Phi) is 3.93. The zero-order valence-electron chi connectivity index (χ0n) is 10.7. The van der Waals surface area contributed by atoms with Gasteiger partial charge in [0.05, 0.1) is 11.1 Å². The molecule has 1 aliphatic rings. The Morgan fingerprint density at radius 1 is 1.56 bits per heavy atom. The SMILES string of the molecule is CC(=O)c1ccc(N2CCC(C(C)O)C2)cc1Cl. The van der Waals surface area contributed by atoms with Gasteiger partial charge in [-0.05, 0) is 38.5 Å². The summed E-state index contributed by atoms with van der Waals surface area (Å²) in [6, 6.07) is 5.53. The summed E-state index contributed by atoms with van der Waals surface area (Å²) in [6.45, 7) is 5.11. The first-order chi connectivity index (χ1) is 8.49. The molecule has 18 heavy (non-hydrogen) atoms. The van der Waals surface area contributed by atoms with E-state index in [0.717, 1.165) is 25.2 Å². The number of aliphatic hydroxyl groups is 1. The number of carbonyl (C=O) groups excluding carboxylic acids is 1. The van der Waals surface area contributed by atoms with Crippen LogP contribution in [-0.2, 0) is 0 Å². The van der Waals surface area contributed by atoms with Crippen LogP contribution in [0, 0.1) is 5.92 Å². The molecule has 2 rings (SSSR count). The molecule has 2 atom stereocenters. The van der Waals surface area contributed by atoms with Gasteiger partial charge in [0.2, 0.25) is 0 Å². The molecule has 1 N–H and O–H groups in total. The van der Waals surface area contributed by atoms with E-state index >= 15 is 0 Å². The lowest BCUT2D eigenvalue weighted by molar-refractivity contribution is 0.101. The first-order valence-electron chi connectivity index (χ1n) is 6.22. The van der Waals surface area contributed by atoms with Gasteiger partial charge >= 0.3 is 0 Å². The monoisotopic (exact) mass is 267 g/mol. The summed E-state index contributed by atoms with van der Waals surface area (Å²) in [5, 5.41) is 10.1. The third-order valence-electron chi connectivity index (χ3n) is 3.60. The second-order valence-corrected chi connectivity index (χ2v) is 5.36. The molecule has 0 saturated carbocycles. The average molecular weight is 268 g/mol. The van der Waals surface area contributed by atoms with E-state index in [1.165, 1.54) is 6.92 Å². The van der Waals surface area contributed by atoms with Crippen molar-refractivity contribution in [2.45, 2.75) is 26.4 Å². The van der Waals surface area contributed by atoms with E-state index < -0.39 is 0 Å². The smallest absolute Gasteiger partial charge is 0.161 e. The maximum absolute atomic E-state index is 11.3. The number of anilines is 1. The van der Waals surface area contributed by atoms with Crippen LogP contribution in [0.15, 0.2) is 18.2 Å². The van der Waals surface area contributed by atoms with Gasteiger partial charge in [0.15, 0.2) is 5.78 Å². The Labute approximate surface area is 112 Å². The number of nitrogens with zero attached hydrogens (tertiary/aromatic N) is 1. The molecule has 0 aliphatic carbocycles. The van der Waals surface area contributed by atoms with Crippen LogP contribution in [-0.4, -0.2) is 30.1 Å². The molecule has 1 aromatic carbocycles. The largest absolute Gasteiger partial charge is 0.393 e. The molecule has 1 fully saturated rings. The molecule has 98 valence electrons. The van der Waals surface area contributed by atoms with Gasteiger partial charge in [-0.15, -0.1) is 0 Å². The number of hydrogen-bond acceptors (Lipinski definition) is 3. The van der Waals surface area contributed by atoms with Gasteiger partial charge in [-0.3, -0.25) is 4.79 Å². The molecule has 1 aliphatic heterocycles. The van der Waals surface area contributed by atoms with Gasteiger partial charge in [-0.1, -0.05) is 11.6 Å². The highest BCUT2D eigenvalue weighted by molar-refractivity contribution is 6.34. The number of aliphatic hydroxyl groups excluding tert-OH is 1. The number of halogens is 1. The molecule has 1 saturated heterocycles. The minimum absolute atomic E-state index is 0.0187. The standard InChI is InChI=1S/C14H18ClNO2/c1-9(17)11-5-6-16(8-11)12-3-4-13(10(2)18)14(15)7-12/h3-4,7,9,11,17H,5-6,8H2,1-2H3. The average Bonchev–Trinajstić information content (AvgIpc) is 2.77. The molecule has 0 spiro atoms. The van der Waals surface area contributed by atoms with Crippen molar-refractivity contribution in [1.82, 2.24) is 0 Å². The van der Waals surface area contributed by atoms with E-state index in [4.69, 9.17) is 11.6 Å². The fourth-order valence-electron chi connectivity index (χ4n) is 2.40. The van der Waals surface area contributed by atoms with Crippen LogP contribution in [0.2, 0.25) is 5.02 Å². The second-order valence-electron chi connectivity index (χ2n) is 4.96. The molecule has 4 heteroatoms. The lowest BCUT2D eigenvalue weighted by Crippen LogP contribution is -2.23. The Morgan fingerprint density at radius 3 is 2.78 bits per heavy atom. The highest BCUT2D eigenvalue weighted by Gasteiger charge is 2.26. The Bertz CT molecular complexity index is 459. The fourth-order valence-corrected chi connectivity index (χ4v) is 2.71. The van der Waals surface area contributed by atoms with Gasteiger partial charge in [0.1, 0.15) is 0 Å². The molecular formula is C14H18ClNO2. The predicted molar refractivity (Wildman–Crippen MR) is 73.5 cm³/mol. The molecule has 1 aromatic rings. The van der Waals surface area contributed by atoms with Crippen LogP contribution in [0.5, 0.6) is 0 Å². The van der Waals surface area contributed by atoms with Crippen LogP contribution >= 0.6 is 11.6 Å². The minimum Gasteiger partial charge on any atom is -0.393 e. The quantitative estimate of drug-likeness (QED) is 0.856. The molecule has 0 radical (unpaired) electrons. The second kappa shape index (κ2) is 5.29. The summed E-state index contributed by atoms with van der Waals surface area (Å²) >= 11 is 6.10. The number of Topliss-reactive ketones (excluding diaryl/α,β-unsaturated/α-hetero) is 1. The Morgan fingerprint density at radius 2 is 2.28 bits per heavy atom. The van der Waals surface area contributed by atoms with Gasteiger partial charge in [-0.25, -0.2) is 0 Å². The zero-order chi connectivity index (χ0) is 13.3. The number of benzene rings is 1.